The van der Waals surface area contributed by atoms with E-state index >= 15 is 0 Å². The Kier molecular flexibility index (Phi) is 5.47. The molecule has 0 aromatic heterocycles. The monoisotopic (exact) mass is 215 g/mol. The highest BCUT2D eigenvalue weighted by molar-refractivity contribution is 5.76. The van der Waals surface area contributed by atoms with Crippen molar-refractivity contribution in [3.05, 3.63) is 0 Å². The van der Waals surface area contributed by atoms with E-state index in [-0.39, 0.29) is 13.2 Å². The highest BCUT2D eigenvalue weighted by atomic mass is 19.4. The van der Waals surface area contributed by atoms with E-state index < -0.39 is 24.6 Å². The second-order valence-electron chi connectivity index (χ2n) is 2.71. The van der Waals surface area contributed by atoms with Crippen molar-refractivity contribution in [2.75, 3.05) is 20.3 Å². The first kappa shape index (κ1) is 13.2. The third-order valence-corrected chi connectivity index (χ3v) is 1.25. The number of alkyl halides is 3. The maximum Gasteiger partial charge on any atom is 0.397 e. The molecule has 0 aromatic rings. The van der Waals surface area contributed by atoms with Crippen molar-refractivity contribution in [2.24, 2.45) is 0 Å². The van der Waals surface area contributed by atoms with Crippen molar-refractivity contribution in [3.63, 3.8) is 0 Å². The van der Waals surface area contributed by atoms with Crippen LogP contribution in [0.4, 0.5) is 13.2 Å². The molecule has 0 radical (unpaired) electrons. The van der Waals surface area contributed by atoms with Crippen LogP contribution in [0.3, 0.4) is 0 Å². The molecular weight excluding hydrogens is 203 g/mol. The number of aliphatic hydroxyl groups excluding tert-OH is 1. The van der Waals surface area contributed by atoms with Gasteiger partial charge in [-0.05, 0) is 0 Å². The normalized spacial score (nSPS) is 13.8. The minimum atomic E-state index is -4.52. The van der Waals surface area contributed by atoms with Crippen molar-refractivity contribution >= 4 is 5.91 Å². The topological polar surface area (TPSA) is 58.6 Å². The van der Waals surface area contributed by atoms with E-state index in [2.05, 4.69) is 4.74 Å². The van der Waals surface area contributed by atoms with Crippen molar-refractivity contribution < 1.29 is 27.8 Å². The van der Waals surface area contributed by atoms with Gasteiger partial charge in [-0.25, -0.2) is 0 Å². The molecule has 4 nitrogen and oxygen atoms in total. The summed E-state index contributed by atoms with van der Waals surface area (Å²) in [5.41, 5.74) is 0. The third kappa shape index (κ3) is 7.81. The molecule has 0 rings (SSSR count). The fraction of sp³-hybridized carbons (Fsp3) is 0.857. The van der Waals surface area contributed by atoms with E-state index in [1.807, 2.05) is 5.32 Å². The molecule has 0 saturated heterocycles. The zero-order chi connectivity index (χ0) is 11.2. The van der Waals surface area contributed by atoms with Gasteiger partial charge in [0.25, 0.3) is 0 Å². The number of carbonyl (C=O) groups is 1. The minimum absolute atomic E-state index is 0.0354. The van der Waals surface area contributed by atoms with Crippen molar-refractivity contribution in [1.82, 2.24) is 5.32 Å². The van der Waals surface area contributed by atoms with Crippen LogP contribution in [-0.4, -0.2) is 43.6 Å². The van der Waals surface area contributed by atoms with E-state index in [0.29, 0.717) is 0 Å². The number of carbonyl (C=O) groups excluding carboxylic acids is 1. The lowest BCUT2D eigenvalue weighted by molar-refractivity contribution is -0.154. The summed E-state index contributed by atoms with van der Waals surface area (Å²) in [5, 5.41) is 10.9. The Balaban J connectivity index is 3.64. The van der Waals surface area contributed by atoms with E-state index in [1.165, 1.54) is 7.11 Å². The van der Waals surface area contributed by atoms with Gasteiger partial charge < -0.3 is 15.2 Å². The number of halogens is 3. The Bertz CT molecular complexity index is 184. The average Bonchev–Trinajstić information content (AvgIpc) is 1.98. The highest BCUT2D eigenvalue weighted by Crippen LogP contribution is 2.18. The quantitative estimate of drug-likeness (QED) is 0.682. The number of hydrogen-bond donors (Lipinski definition) is 2. The van der Waals surface area contributed by atoms with Crippen molar-refractivity contribution in [1.29, 1.82) is 0 Å². The minimum Gasteiger partial charge on any atom is -0.389 e. The Hall–Kier alpha value is -0.820. The number of rotatable bonds is 5. The first-order valence-electron chi connectivity index (χ1n) is 3.85. The molecule has 2 N–H and O–H groups in total. The summed E-state index contributed by atoms with van der Waals surface area (Å²) in [4.78, 5) is 10.6. The maximum atomic E-state index is 11.6. The average molecular weight is 215 g/mol. The van der Waals surface area contributed by atoms with Gasteiger partial charge in [-0.3, -0.25) is 4.79 Å². The smallest absolute Gasteiger partial charge is 0.389 e. The lowest BCUT2D eigenvalue weighted by Crippen LogP contribution is -2.36. The molecule has 1 unspecified atom stereocenters. The number of methoxy groups -OCH3 is 1. The lowest BCUT2D eigenvalue weighted by Gasteiger charge is -2.11. The molecular formula is C7H12F3NO3. The van der Waals surface area contributed by atoms with Crippen LogP contribution in [0.25, 0.3) is 0 Å². The zero-order valence-corrected chi connectivity index (χ0v) is 7.60. The fourth-order valence-corrected chi connectivity index (χ4v) is 0.728. The van der Waals surface area contributed by atoms with Gasteiger partial charge in [-0.2, -0.15) is 13.2 Å². The molecule has 0 spiro atoms. The van der Waals surface area contributed by atoms with Crippen LogP contribution in [0.1, 0.15) is 6.42 Å². The zero-order valence-electron chi connectivity index (χ0n) is 7.60. The van der Waals surface area contributed by atoms with Crippen LogP contribution in [-0.2, 0) is 9.53 Å². The molecule has 0 aromatic carbocycles. The largest absolute Gasteiger partial charge is 0.397 e. The van der Waals surface area contributed by atoms with Crippen LogP contribution in [0.5, 0.6) is 0 Å². The summed E-state index contributed by atoms with van der Waals surface area (Å²) in [7, 11) is 1.33. The highest BCUT2D eigenvalue weighted by Gasteiger charge is 2.31. The maximum absolute atomic E-state index is 11.6. The molecule has 0 aliphatic heterocycles. The molecule has 0 saturated carbocycles. The summed E-state index contributed by atoms with van der Waals surface area (Å²) in [6, 6.07) is 0. The Morgan fingerprint density at radius 1 is 1.57 bits per heavy atom. The predicted molar refractivity (Wildman–Crippen MR) is 41.6 cm³/mol. The summed E-state index contributed by atoms with van der Waals surface area (Å²) < 4.78 is 39.4. The number of amides is 1. The Morgan fingerprint density at radius 2 is 2.14 bits per heavy atom. The van der Waals surface area contributed by atoms with Crippen LogP contribution in [0, 0.1) is 0 Å². The van der Waals surface area contributed by atoms with E-state index in [9.17, 15) is 18.0 Å². The number of ether oxygens (including phenoxy) is 1. The van der Waals surface area contributed by atoms with Crippen LogP contribution in [0.2, 0.25) is 0 Å². The Morgan fingerprint density at radius 3 is 2.57 bits per heavy atom. The summed E-state index contributed by atoms with van der Waals surface area (Å²) >= 11 is 0. The standard InChI is InChI=1S/C7H12F3NO3/c1-14-4-5(12)3-11-6(13)2-7(8,9)10/h5,12H,2-4H2,1H3,(H,11,13). The van der Waals surface area contributed by atoms with Gasteiger partial charge in [0.1, 0.15) is 6.42 Å². The number of hydrogen-bond acceptors (Lipinski definition) is 3. The fourth-order valence-electron chi connectivity index (χ4n) is 0.728. The molecule has 0 aliphatic carbocycles. The number of aliphatic hydroxyl groups is 1. The van der Waals surface area contributed by atoms with Crippen molar-refractivity contribution in [3.8, 4) is 0 Å². The first-order valence-corrected chi connectivity index (χ1v) is 3.85. The molecule has 84 valence electrons. The van der Waals surface area contributed by atoms with E-state index in [4.69, 9.17) is 5.11 Å². The molecule has 0 bridgehead atoms. The predicted octanol–water partition coefficient (Wildman–Crippen LogP) is 0.0623. The molecule has 0 aliphatic rings. The second-order valence-corrected chi connectivity index (χ2v) is 2.71. The van der Waals surface area contributed by atoms with Gasteiger partial charge in [0.2, 0.25) is 5.91 Å². The van der Waals surface area contributed by atoms with Gasteiger partial charge in [0.05, 0.1) is 12.7 Å². The van der Waals surface area contributed by atoms with Gasteiger partial charge in [0, 0.05) is 13.7 Å². The summed E-state index contributed by atoms with van der Waals surface area (Å²) in [5.74, 6) is -1.16. The van der Waals surface area contributed by atoms with Crippen LogP contribution >= 0.6 is 0 Å². The molecule has 7 heteroatoms. The Labute approximate surface area is 79.0 Å². The van der Waals surface area contributed by atoms with Gasteiger partial charge in [-0.1, -0.05) is 0 Å². The molecule has 0 fully saturated rings. The summed E-state index contributed by atoms with van der Waals surface area (Å²) in [6.45, 7) is -0.283. The summed E-state index contributed by atoms with van der Waals surface area (Å²) in [6.07, 6.45) is -7.04. The SMILES string of the molecule is COCC(O)CNC(=O)CC(F)(F)F. The van der Waals surface area contributed by atoms with Gasteiger partial charge >= 0.3 is 6.18 Å². The second kappa shape index (κ2) is 5.82. The van der Waals surface area contributed by atoms with E-state index in [0.717, 1.165) is 0 Å². The molecule has 1 amide bonds. The molecule has 0 heterocycles. The first-order chi connectivity index (χ1) is 6.35. The van der Waals surface area contributed by atoms with Gasteiger partial charge in [0.15, 0.2) is 0 Å². The lowest BCUT2D eigenvalue weighted by atomic mass is 10.3. The molecule has 1 atom stereocenters. The van der Waals surface area contributed by atoms with Crippen molar-refractivity contribution in [2.45, 2.75) is 18.7 Å². The van der Waals surface area contributed by atoms with Crippen LogP contribution < -0.4 is 5.32 Å². The van der Waals surface area contributed by atoms with Crippen LogP contribution in [0.15, 0.2) is 0 Å². The van der Waals surface area contributed by atoms with Gasteiger partial charge in [-0.15, -0.1) is 0 Å². The number of nitrogens with one attached hydrogen (secondary N) is 1. The van der Waals surface area contributed by atoms with E-state index in [1.54, 1.807) is 0 Å². The third-order valence-electron chi connectivity index (χ3n) is 1.25. The molecule has 14 heavy (non-hydrogen) atoms.